The Labute approximate surface area is 129 Å². The van der Waals surface area contributed by atoms with Gasteiger partial charge < -0.3 is 10.1 Å². The van der Waals surface area contributed by atoms with Crippen molar-refractivity contribution in [3.8, 4) is 5.75 Å². The van der Waals surface area contributed by atoms with Gasteiger partial charge in [-0.25, -0.2) is 0 Å². The molecule has 1 amide bonds. The van der Waals surface area contributed by atoms with Gasteiger partial charge in [0.1, 0.15) is 5.75 Å². The maximum absolute atomic E-state index is 12.1. The Morgan fingerprint density at radius 2 is 1.86 bits per heavy atom. The van der Waals surface area contributed by atoms with Gasteiger partial charge >= 0.3 is 0 Å². The molecule has 3 heteroatoms. The van der Waals surface area contributed by atoms with E-state index in [0.29, 0.717) is 11.5 Å². The maximum atomic E-state index is 12.1. The van der Waals surface area contributed by atoms with Crippen LogP contribution < -0.4 is 10.1 Å². The fourth-order valence-corrected chi connectivity index (χ4v) is 2.24. The molecule has 0 aliphatic carbocycles. The molecule has 1 aromatic carbocycles. The lowest BCUT2D eigenvalue weighted by Crippen LogP contribution is -2.29. The number of amides is 1. The van der Waals surface area contributed by atoms with Gasteiger partial charge in [-0.3, -0.25) is 4.79 Å². The highest BCUT2D eigenvalue weighted by molar-refractivity contribution is 5.94. The molecular formula is C18H29NO2. The van der Waals surface area contributed by atoms with Crippen molar-refractivity contribution in [3.05, 3.63) is 29.8 Å². The first kappa shape index (κ1) is 17.5. The van der Waals surface area contributed by atoms with Crippen LogP contribution >= 0.6 is 0 Å². The molecule has 0 aromatic heterocycles. The van der Waals surface area contributed by atoms with Crippen LogP contribution in [0.1, 0.15) is 63.7 Å². The second kappa shape index (κ2) is 9.43. The summed E-state index contributed by atoms with van der Waals surface area (Å²) in [4.78, 5) is 12.1. The Hall–Kier alpha value is -1.51. The fourth-order valence-electron chi connectivity index (χ4n) is 2.24. The van der Waals surface area contributed by atoms with E-state index in [4.69, 9.17) is 4.74 Å². The third-order valence-electron chi connectivity index (χ3n) is 3.58. The van der Waals surface area contributed by atoms with Crippen molar-refractivity contribution >= 4 is 5.91 Å². The summed E-state index contributed by atoms with van der Waals surface area (Å²) in [6.07, 6.45) is 4.89. The zero-order valence-corrected chi connectivity index (χ0v) is 13.8. The summed E-state index contributed by atoms with van der Waals surface area (Å²) >= 11 is 0. The van der Waals surface area contributed by atoms with Gasteiger partial charge in [0.25, 0.3) is 5.91 Å². The number of unbranched alkanes of at least 4 members (excludes halogenated alkanes) is 1. The summed E-state index contributed by atoms with van der Waals surface area (Å²) in [5, 5.41) is 3.04. The van der Waals surface area contributed by atoms with Crippen molar-refractivity contribution in [2.24, 2.45) is 5.92 Å². The van der Waals surface area contributed by atoms with Gasteiger partial charge in [0, 0.05) is 12.1 Å². The van der Waals surface area contributed by atoms with Crippen LogP contribution in [-0.4, -0.2) is 18.6 Å². The van der Waals surface area contributed by atoms with Crippen LogP contribution in [0.15, 0.2) is 24.3 Å². The van der Waals surface area contributed by atoms with Crippen LogP contribution in [0.25, 0.3) is 0 Å². The molecule has 0 fully saturated rings. The molecule has 0 spiro atoms. The fraction of sp³-hybridized carbons (Fsp3) is 0.611. The molecule has 3 nitrogen and oxygen atoms in total. The smallest absolute Gasteiger partial charge is 0.251 e. The first-order chi connectivity index (χ1) is 10.1. The molecule has 1 rings (SSSR count). The van der Waals surface area contributed by atoms with Crippen molar-refractivity contribution in [2.45, 2.75) is 59.5 Å². The lowest BCUT2D eigenvalue weighted by atomic mass is 9.99. The average molecular weight is 291 g/mol. The average Bonchev–Trinajstić information content (AvgIpc) is 2.47. The molecule has 21 heavy (non-hydrogen) atoms. The van der Waals surface area contributed by atoms with Crippen LogP contribution in [0.4, 0.5) is 0 Å². The van der Waals surface area contributed by atoms with Gasteiger partial charge in [-0.05, 0) is 50.5 Å². The summed E-state index contributed by atoms with van der Waals surface area (Å²) < 4.78 is 5.58. The standard InChI is InChI=1S/C18H29NO2/c1-5-7-8-15(6-2)13-19-18(20)16-9-11-17(12-10-16)21-14(3)4/h9-12,14-15H,5-8,13H2,1-4H3,(H,19,20). The Bertz CT molecular complexity index is 412. The summed E-state index contributed by atoms with van der Waals surface area (Å²) in [6, 6.07) is 7.34. The molecule has 1 N–H and O–H groups in total. The van der Waals surface area contributed by atoms with E-state index in [-0.39, 0.29) is 12.0 Å². The van der Waals surface area contributed by atoms with Crippen molar-refractivity contribution in [1.29, 1.82) is 0 Å². The minimum Gasteiger partial charge on any atom is -0.491 e. The van der Waals surface area contributed by atoms with Gasteiger partial charge in [0.05, 0.1) is 6.10 Å². The van der Waals surface area contributed by atoms with E-state index in [2.05, 4.69) is 19.2 Å². The summed E-state index contributed by atoms with van der Waals surface area (Å²) in [6.45, 7) is 9.12. The monoisotopic (exact) mass is 291 g/mol. The van der Waals surface area contributed by atoms with Crippen LogP contribution in [0.2, 0.25) is 0 Å². The SMILES string of the molecule is CCCCC(CC)CNC(=O)c1ccc(OC(C)C)cc1. The topological polar surface area (TPSA) is 38.3 Å². The first-order valence-electron chi connectivity index (χ1n) is 8.11. The van der Waals surface area contributed by atoms with Gasteiger partial charge in [-0.1, -0.05) is 33.1 Å². The molecule has 1 atom stereocenters. The normalized spacial score (nSPS) is 12.2. The predicted octanol–water partition coefficient (Wildman–Crippen LogP) is 4.42. The maximum Gasteiger partial charge on any atom is 0.251 e. The second-order valence-electron chi connectivity index (χ2n) is 5.82. The van der Waals surface area contributed by atoms with E-state index >= 15 is 0 Å². The Morgan fingerprint density at radius 3 is 2.38 bits per heavy atom. The van der Waals surface area contributed by atoms with E-state index in [1.165, 1.54) is 19.3 Å². The zero-order valence-electron chi connectivity index (χ0n) is 13.8. The minimum absolute atomic E-state index is 0.000968. The summed E-state index contributed by atoms with van der Waals surface area (Å²) in [5.41, 5.74) is 0.691. The highest BCUT2D eigenvalue weighted by atomic mass is 16.5. The van der Waals surface area contributed by atoms with Crippen LogP contribution in [-0.2, 0) is 0 Å². The number of hydrogen-bond acceptors (Lipinski definition) is 2. The van der Waals surface area contributed by atoms with Crippen molar-refractivity contribution < 1.29 is 9.53 Å². The predicted molar refractivity (Wildman–Crippen MR) is 87.8 cm³/mol. The van der Waals surface area contributed by atoms with Crippen LogP contribution in [0.5, 0.6) is 5.75 Å². The van der Waals surface area contributed by atoms with E-state index in [1.807, 2.05) is 38.1 Å². The first-order valence-corrected chi connectivity index (χ1v) is 8.11. The molecule has 0 bridgehead atoms. The van der Waals surface area contributed by atoms with E-state index in [9.17, 15) is 4.79 Å². The molecule has 1 aromatic rings. The third kappa shape index (κ3) is 6.65. The number of ether oxygens (including phenoxy) is 1. The number of carbonyl (C=O) groups is 1. The van der Waals surface area contributed by atoms with Gasteiger partial charge in [0.2, 0.25) is 0 Å². The Kier molecular flexibility index (Phi) is 7.88. The van der Waals surface area contributed by atoms with Crippen molar-refractivity contribution in [3.63, 3.8) is 0 Å². The van der Waals surface area contributed by atoms with Gasteiger partial charge in [-0.2, -0.15) is 0 Å². The largest absolute Gasteiger partial charge is 0.491 e. The van der Waals surface area contributed by atoms with E-state index < -0.39 is 0 Å². The molecule has 1 unspecified atom stereocenters. The number of nitrogens with one attached hydrogen (secondary N) is 1. The van der Waals surface area contributed by atoms with Gasteiger partial charge in [0.15, 0.2) is 0 Å². The molecule has 0 aliphatic rings. The summed E-state index contributed by atoms with van der Waals surface area (Å²) in [5.74, 6) is 1.38. The molecule has 0 radical (unpaired) electrons. The zero-order chi connectivity index (χ0) is 15.7. The molecule has 118 valence electrons. The van der Waals surface area contributed by atoms with Crippen molar-refractivity contribution in [1.82, 2.24) is 5.32 Å². The Balaban J connectivity index is 2.47. The van der Waals surface area contributed by atoms with E-state index in [0.717, 1.165) is 18.7 Å². The number of carbonyl (C=O) groups excluding carboxylic acids is 1. The lowest BCUT2D eigenvalue weighted by Gasteiger charge is -2.15. The highest BCUT2D eigenvalue weighted by Crippen LogP contribution is 2.15. The van der Waals surface area contributed by atoms with Crippen LogP contribution in [0.3, 0.4) is 0 Å². The highest BCUT2D eigenvalue weighted by Gasteiger charge is 2.10. The number of rotatable bonds is 9. The lowest BCUT2D eigenvalue weighted by molar-refractivity contribution is 0.0946. The molecule has 0 saturated carbocycles. The second-order valence-corrected chi connectivity index (χ2v) is 5.82. The third-order valence-corrected chi connectivity index (χ3v) is 3.58. The van der Waals surface area contributed by atoms with Crippen molar-refractivity contribution in [2.75, 3.05) is 6.54 Å². The minimum atomic E-state index is 0.000968. The van der Waals surface area contributed by atoms with E-state index in [1.54, 1.807) is 0 Å². The summed E-state index contributed by atoms with van der Waals surface area (Å²) in [7, 11) is 0. The van der Waals surface area contributed by atoms with Gasteiger partial charge in [-0.15, -0.1) is 0 Å². The molecule has 0 heterocycles. The van der Waals surface area contributed by atoms with Crippen LogP contribution in [0, 0.1) is 5.92 Å². The molecular weight excluding hydrogens is 262 g/mol. The number of benzene rings is 1. The molecule has 0 aliphatic heterocycles. The number of hydrogen-bond donors (Lipinski definition) is 1. The quantitative estimate of drug-likeness (QED) is 0.731. The molecule has 0 saturated heterocycles. The Morgan fingerprint density at radius 1 is 1.19 bits per heavy atom.